The Morgan fingerprint density at radius 3 is 2.69 bits per heavy atom. The topological polar surface area (TPSA) is 72.7 Å². The van der Waals surface area contributed by atoms with E-state index in [2.05, 4.69) is 10.3 Å². The molecule has 7 heteroatoms. The highest BCUT2D eigenvalue weighted by Gasteiger charge is 2.31. The molecule has 144 valence electrons. The molecule has 29 heavy (non-hydrogen) atoms. The van der Waals surface area contributed by atoms with E-state index in [0.29, 0.717) is 22.9 Å². The molecule has 0 bridgehead atoms. The Hall–Kier alpha value is -3.45. The van der Waals surface area contributed by atoms with Gasteiger partial charge in [0.25, 0.3) is 5.56 Å². The normalized spacial score (nSPS) is 15.7. The number of carbonyl (C=O) groups excluding carboxylic acids is 1. The molecule has 0 radical (unpaired) electrons. The van der Waals surface area contributed by atoms with Crippen LogP contribution < -0.4 is 15.6 Å². The summed E-state index contributed by atoms with van der Waals surface area (Å²) >= 11 is 1.36. The Labute approximate surface area is 170 Å². The molecule has 6 nitrogen and oxygen atoms in total. The van der Waals surface area contributed by atoms with Crippen LogP contribution in [0.1, 0.15) is 29.0 Å². The first-order chi connectivity index (χ1) is 14.2. The molecular formula is C22H17N3O3S. The second-order valence-corrected chi connectivity index (χ2v) is 7.76. The standard InChI is InChI=1S/C22H17N3O3S/c26-18-12-17(19-20(23-18)25-10-11-29-22(25)24-21(19)27)15-6-8-16(9-7-15)28-13-14-4-2-1-3-5-14/h1-11,17H,12-13H2,(H,23,26). The molecule has 0 saturated carbocycles. The van der Waals surface area contributed by atoms with E-state index in [-0.39, 0.29) is 23.8 Å². The predicted molar refractivity (Wildman–Crippen MR) is 112 cm³/mol. The zero-order valence-electron chi connectivity index (χ0n) is 15.4. The number of ether oxygens (including phenoxy) is 1. The SMILES string of the molecule is O=C1CC(c2ccc(OCc3ccccc3)cc2)c2c(n3ccsc3nc2=O)N1. The van der Waals surface area contributed by atoms with Crippen LogP contribution in [0.2, 0.25) is 0 Å². The van der Waals surface area contributed by atoms with Gasteiger partial charge in [0.15, 0.2) is 4.96 Å². The van der Waals surface area contributed by atoms with Gasteiger partial charge in [0, 0.05) is 23.9 Å². The molecule has 2 aromatic carbocycles. The Bertz CT molecular complexity index is 1250. The van der Waals surface area contributed by atoms with Gasteiger partial charge in [-0.2, -0.15) is 4.98 Å². The van der Waals surface area contributed by atoms with Gasteiger partial charge < -0.3 is 10.1 Å². The number of hydrogen-bond acceptors (Lipinski definition) is 5. The molecule has 0 aliphatic carbocycles. The van der Waals surface area contributed by atoms with Crippen molar-refractivity contribution in [2.24, 2.45) is 0 Å². The van der Waals surface area contributed by atoms with E-state index in [1.807, 2.05) is 66.2 Å². The number of rotatable bonds is 4. The molecule has 2 aromatic heterocycles. The molecule has 1 N–H and O–H groups in total. The molecule has 1 unspecified atom stereocenters. The van der Waals surface area contributed by atoms with Crippen LogP contribution in [0.4, 0.5) is 5.82 Å². The lowest BCUT2D eigenvalue weighted by Crippen LogP contribution is -2.31. The van der Waals surface area contributed by atoms with Gasteiger partial charge >= 0.3 is 0 Å². The summed E-state index contributed by atoms with van der Waals surface area (Å²) in [6, 6.07) is 17.5. The molecule has 1 amide bonds. The highest BCUT2D eigenvalue weighted by molar-refractivity contribution is 7.15. The third-order valence-corrected chi connectivity index (χ3v) is 5.80. The first-order valence-corrected chi connectivity index (χ1v) is 10.1. The van der Waals surface area contributed by atoms with E-state index in [0.717, 1.165) is 16.9 Å². The van der Waals surface area contributed by atoms with Gasteiger partial charge in [-0.25, -0.2) is 0 Å². The number of aromatic nitrogens is 2. The molecule has 5 rings (SSSR count). The lowest BCUT2D eigenvalue weighted by molar-refractivity contribution is -0.116. The Balaban J connectivity index is 1.46. The largest absolute Gasteiger partial charge is 0.489 e. The van der Waals surface area contributed by atoms with Gasteiger partial charge in [0.2, 0.25) is 5.91 Å². The van der Waals surface area contributed by atoms with Gasteiger partial charge in [-0.15, -0.1) is 11.3 Å². The molecular weight excluding hydrogens is 386 g/mol. The molecule has 4 aromatic rings. The summed E-state index contributed by atoms with van der Waals surface area (Å²) in [6.07, 6.45) is 2.03. The number of anilines is 1. The number of amides is 1. The predicted octanol–water partition coefficient (Wildman–Crippen LogP) is 3.81. The molecule has 0 saturated heterocycles. The number of benzene rings is 2. The fourth-order valence-corrected chi connectivity index (χ4v) is 4.34. The van der Waals surface area contributed by atoms with Crippen molar-refractivity contribution in [1.29, 1.82) is 0 Å². The Morgan fingerprint density at radius 1 is 1.10 bits per heavy atom. The van der Waals surface area contributed by atoms with Gasteiger partial charge in [0.05, 0.1) is 5.56 Å². The second-order valence-electron chi connectivity index (χ2n) is 6.88. The van der Waals surface area contributed by atoms with Crippen molar-refractivity contribution < 1.29 is 9.53 Å². The number of thiazole rings is 1. The van der Waals surface area contributed by atoms with Crippen molar-refractivity contribution >= 4 is 28.0 Å². The van der Waals surface area contributed by atoms with Crippen LogP contribution in [-0.2, 0) is 11.4 Å². The van der Waals surface area contributed by atoms with Crippen LogP contribution in [0.3, 0.4) is 0 Å². The summed E-state index contributed by atoms with van der Waals surface area (Å²) in [5.41, 5.74) is 2.21. The third-order valence-electron chi connectivity index (χ3n) is 5.04. The molecule has 1 aliphatic rings. The molecule has 3 heterocycles. The highest BCUT2D eigenvalue weighted by atomic mass is 32.1. The first kappa shape index (κ1) is 17.6. The van der Waals surface area contributed by atoms with E-state index in [4.69, 9.17) is 4.74 Å². The quantitative estimate of drug-likeness (QED) is 0.562. The van der Waals surface area contributed by atoms with Crippen molar-refractivity contribution in [3.8, 4) is 5.75 Å². The lowest BCUT2D eigenvalue weighted by atomic mass is 9.87. The monoisotopic (exact) mass is 403 g/mol. The minimum absolute atomic E-state index is 0.113. The number of hydrogen-bond donors (Lipinski definition) is 1. The highest BCUT2D eigenvalue weighted by Crippen LogP contribution is 2.36. The van der Waals surface area contributed by atoms with Crippen molar-refractivity contribution in [3.63, 3.8) is 0 Å². The van der Waals surface area contributed by atoms with Crippen molar-refractivity contribution in [3.05, 3.63) is 93.2 Å². The van der Waals surface area contributed by atoms with Crippen molar-refractivity contribution in [2.45, 2.75) is 18.9 Å². The first-order valence-electron chi connectivity index (χ1n) is 9.25. The van der Waals surface area contributed by atoms with Crippen LogP contribution in [0, 0.1) is 0 Å². The summed E-state index contributed by atoms with van der Waals surface area (Å²) in [6.45, 7) is 0.482. The van der Waals surface area contributed by atoms with Gasteiger partial charge in [-0.05, 0) is 23.3 Å². The number of carbonyl (C=O) groups is 1. The fraction of sp³-hybridized carbons (Fsp3) is 0.136. The summed E-state index contributed by atoms with van der Waals surface area (Å²) in [5.74, 6) is 0.810. The summed E-state index contributed by atoms with van der Waals surface area (Å²) in [5, 5.41) is 4.69. The smallest absolute Gasteiger partial charge is 0.279 e. The Morgan fingerprint density at radius 2 is 1.90 bits per heavy atom. The van der Waals surface area contributed by atoms with Crippen LogP contribution in [-0.4, -0.2) is 15.3 Å². The van der Waals surface area contributed by atoms with Crippen LogP contribution in [0.15, 0.2) is 71.0 Å². The maximum Gasteiger partial charge on any atom is 0.279 e. The summed E-state index contributed by atoms with van der Waals surface area (Å²) in [4.78, 5) is 29.8. The third kappa shape index (κ3) is 3.30. The average molecular weight is 403 g/mol. The van der Waals surface area contributed by atoms with E-state index < -0.39 is 0 Å². The Kier molecular flexibility index (Phi) is 4.37. The fourth-order valence-electron chi connectivity index (χ4n) is 3.64. The van der Waals surface area contributed by atoms with Gasteiger partial charge in [-0.3, -0.25) is 14.0 Å². The van der Waals surface area contributed by atoms with Crippen LogP contribution in [0.5, 0.6) is 5.75 Å². The minimum Gasteiger partial charge on any atom is -0.489 e. The van der Waals surface area contributed by atoms with E-state index in [1.165, 1.54) is 11.3 Å². The van der Waals surface area contributed by atoms with Crippen molar-refractivity contribution in [2.75, 3.05) is 5.32 Å². The number of fused-ring (bicyclic) bond motifs is 3. The number of nitrogens with one attached hydrogen (secondary N) is 1. The summed E-state index contributed by atoms with van der Waals surface area (Å²) in [7, 11) is 0. The molecule has 1 atom stereocenters. The van der Waals surface area contributed by atoms with E-state index in [9.17, 15) is 9.59 Å². The molecule has 0 spiro atoms. The number of nitrogens with zero attached hydrogens (tertiary/aromatic N) is 2. The zero-order valence-corrected chi connectivity index (χ0v) is 16.2. The average Bonchev–Trinajstić information content (AvgIpc) is 3.21. The lowest BCUT2D eigenvalue weighted by Gasteiger charge is -2.25. The summed E-state index contributed by atoms with van der Waals surface area (Å²) < 4.78 is 7.61. The van der Waals surface area contributed by atoms with Crippen molar-refractivity contribution in [1.82, 2.24) is 9.38 Å². The van der Waals surface area contributed by atoms with Crippen LogP contribution >= 0.6 is 11.3 Å². The minimum atomic E-state index is -0.335. The maximum absolute atomic E-state index is 12.7. The van der Waals surface area contributed by atoms with Gasteiger partial charge in [-0.1, -0.05) is 42.5 Å². The maximum atomic E-state index is 12.7. The van der Waals surface area contributed by atoms with Crippen LogP contribution in [0.25, 0.3) is 4.96 Å². The van der Waals surface area contributed by atoms with Gasteiger partial charge in [0.1, 0.15) is 18.2 Å². The van der Waals surface area contributed by atoms with E-state index in [1.54, 1.807) is 4.40 Å². The molecule has 0 fully saturated rings. The molecule has 1 aliphatic heterocycles. The zero-order chi connectivity index (χ0) is 19.8. The second kappa shape index (κ2) is 7.18. The van der Waals surface area contributed by atoms with E-state index >= 15 is 0 Å².